The minimum absolute atomic E-state index is 0.310. The van der Waals surface area contributed by atoms with E-state index in [1.54, 1.807) is 0 Å². The SMILES string of the molecule is Cc1cc(C)c(C(CN)NCC(C2CC2)C2CC2)cc1C. The van der Waals surface area contributed by atoms with Crippen molar-refractivity contribution < 1.29 is 0 Å². The minimum atomic E-state index is 0.310. The third-order valence-corrected chi connectivity index (χ3v) is 5.55. The van der Waals surface area contributed by atoms with Crippen LogP contribution in [0, 0.1) is 38.5 Å². The number of benzene rings is 1. The van der Waals surface area contributed by atoms with Crippen molar-refractivity contribution in [3.05, 3.63) is 34.4 Å². The van der Waals surface area contributed by atoms with Gasteiger partial charge in [0.15, 0.2) is 0 Å². The average molecular weight is 286 g/mol. The van der Waals surface area contributed by atoms with Crippen molar-refractivity contribution in [2.45, 2.75) is 52.5 Å². The predicted octanol–water partition coefficient (Wildman–Crippen LogP) is 3.64. The molecule has 2 aliphatic carbocycles. The highest BCUT2D eigenvalue weighted by atomic mass is 14.9. The zero-order valence-electron chi connectivity index (χ0n) is 13.8. The predicted molar refractivity (Wildman–Crippen MR) is 89.4 cm³/mol. The van der Waals surface area contributed by atoms with Gasteiger partial charge in [-0.2, -0.15) is 0 Å². The van der Waals surface area contributed by atoms with Gasteiger partial charge in [-0.3, -0.25) is 0 Å². The summed E-state index contributed by atoms with van der Waals surface area (Å²) in [6.45, 7) is 8.44. The smallest absolute Gasteiger partial charge is 0.0447 e. The van der Waals surface area contributed by atoms with Gasteiger partial charge in [0.1, 0.15) is 0 Å². The van der Waals surface area contributed by atoms with Crippen molar-refractivity contribution in [2.75, 3.05) is 13.1 Å². The topological polar surface area (TPSA) is 38.0 Å². The second-order valence-corrected chi connectivity index (χ2v) is 7.33. The Balaban J connectivity index is 1.68. The van der Waals surface area contributed by atoms with Crippen LogP contribution in [-0.2, 0) is 0 Å². The second-order valence-electron chi connectivity index (χ2n) is 7.33. The molecule has 0 heterocycles. The summed E-state index contributed by atoms with van der Waals surface area (Å²) in [6, 6.07) is 4.94. The first-order chi connectivity index (χ1) is 10.1. The first kappa shape index (κ1) is 15.1. The quantitative estimate of drug-likeness (QED) is 0.803. The first-order valence-corrected chi connectivity index (χ1v) is 8.61. The Morgan fingerprint density at radius 1 is 1.00 bits per heavy atom. The van der Waals surface area contributed by atoms with Gasteiger partial charge >= 0.3 is 0 Å². The normalized spacial score (nSPS) is 20.0. The number of nitrogens with one attached hydrogen (secondary N) is 1. The summed E-state index contributed by atoms with van der Waals surface area (Å²) in [5.41, 5.74) is 11.6. The summed E-state index contributed by atoms with van der Waals surface area (Å²) in [5, 5.41) is 3.79. The lowest BCUT2D eigenvalue weighted by Gasteiger charge is -2.24. The highest BCUT2D eigenvalue weighted by Gasteiger charge is 2.41. The Morgan fingerprint density at radius 3 is 2.10 bits per heavy atom. The summed E-state index contributed by atoms with van der Waals surface area (Å²) in [7, 11) is 0. The van der Waals surface area contributed by atoms with Gasteiger partial charge < -0.3 is 11.1 Å². The molecule has 1 unspecified atom stereocenters. The van der Waals surface area contributed by atoms with E-state index < -0.39 is 0 Å². The van der Waals surface area contributed by atoms with Gasteiger partial charge in [-0.15, -0.1) is 0 Å². The molecule has 0 saturated heterocycles. The molecule has 0 radical (unpaired) electrons. The zero-order valence-corrected chi connectivity index (χ0v) is 13.8. The first-order valence-electron chi connectivity index (χ1n) is 8.61. The van der Waals surface area contributed by atoms with Gasteiger partial charge in [0.2, 0.25) is 0 Å². The number of hydrogen-bond donors (Lipinski definition) is 2. The maximum atomic E-state index is 6.07. The molecular formula is C19H30N2. The molecule has 0 bridgehead atoms. The fourth-order valence-electron chi connectivity index (χ4n) is 3.72. The number of nitrogens with two attached hydrogens (primary N) is 1. The van der Waals surface area contributed by atoms with E-state index in [0.29, 0.717) is 12.6 Å². The summed E-state index contributed by atoms with van der Waals surface area (Å²) in [5.74, 6) is 2.92. The van der Waals surface area contributed by atoms with Crippen LogP contribution < -0.4 is 11.1 Å². The van der Waals surface area contributed by atoms with Crippen molar-refractivity contribution in [1.29, 1.82) is 0 Å². The molecule has 0 amide bonds. The summed E-state index contributed by atoms with van der Waals surface area (Å²) in [4.78, 5) is 0. The van der Waals surface area contributed by atoms with Crippen LogP contribution in [0.25, 0.3) is 0 Å². The van der Waals surface area contributed by atoms with E-state index in [2.05, 4.69) is 38.2 Å². The maximum Gasteiger partial charge on any atom is 0.0447 e. The number of hydrogen-bond acceptors (Lipinski definition) is 2. The third-order valence-electron chi connectivity index (χ3n) is 5.55. The molecule has 0 spiro atoms. The Hall–Kier alpha value is -0.860. The maximum absolute atomic E-state index is 6.07. The summed E-state index contributed by atoms with van der Waals surface area (Å²) in [6.07, 6.45) is 5.83. The van der Waals surface area contributed by atoms with E-state index in [9.17, 15) is 0 Å². The Morgan fingerprint density at radius 2 is 1.57 bits per heavy atom. The van der Waals surface area contributed by atoms with Gasteiger partial charge in [-0.05, 0) is 93.0 Å². The second kappa shape index (κ2) is 6.10. The van der Waals surface area contributed by atoms with Crippen molar-refractivity contribution in [3.8, 4) is 0 Å². The van der Waals surface area contributed by atoms with Crippen LogP contribution in [0.2, 0.25) is 0 Å². The molecule has 1 atom stereocenters. The van der Waals surface area contributed by atoms with E-state index >= 15 is 0 Å². The molecule has 2 nitrogen and oxygen atoms in total. The Labute approximate surface area is 129 Å². The van der Waals surface area contributed by atoms with E-state index in [1.165, 1.54) is 47.9 Å². The molecule has 2 aliphatic rings. The van der Waals surface area contributed by atoms with Crippen LogP contribution in [0.4, 0.5) is 0 Å². The van der Waals surface area contributed by atoms with E-state index in [0.717, 1.165) is 24.3 Å². The molecule has 21 heavy (non-hydrogen) atoms. The highest BCUT2D eigenvalue weighted by molar-refractivity contribution is 5.38. The molecule has 116 valence electrons. The monoisotopic (exact) mass is 286 g/mol. The van der Waals surface area contributed by atoms with Gasteiger partial charge in [-0.25, -0.2) is 0 Å². The van der Waals surface area contributed by atoms with Gasteiger partial charge in [0.05, 0.1) is 0 Å². The fourth-order valence-corrected chi connectivity index (χ4v) is 3.72. The summed E-state index contributed by atoms with van der Waals surface area (Å²) >= 11 is 0. The van der Waals surface area contributed by atoms with Crippen molar-refractivity contribution >= 4 is 0 Å². The lowest BCUT2D eigenvalue weighted by atomic mass is 9.94. The largest absolute Gasteiger partial charge is 0.329 e. The molecule has 3 N–H and O–H groups in total. The highest BCUT2D eigenvalue weighted by Crippen LogP contribution is 2.49. The van der Waals surface area contributed by atoms with Crippen molar-refractivity contribution in [3.63, 3.8) is 0 Å². The van der Waals surface area contributed by atoms with Crippen LogP contribution in [-0.4, -0.2) is 13.1 Å². The number of aryl methyl sites for hydroxylation is 3. The van der Waals surface area contributed by atoms with Crippen LogP contribution in [0.3, 0.4) is 0 Å². The molecule has 3 rings (SSSR count). The van der Waals surface area contributed by atoms with Crippen LogP contribution in [0.1, 0.15) is 54.0 Å². The number of rotatable bonds is 7. The molecule has 0 aliphatic heterocycles. The van der Waals surface area contributed by atoms with Crippen LogP contribution in [0.15, 0.2) is 12.1 Å². The lowest BCUT2D eigenvalue weighted by molar-refractivity contribution is 0.357. The van der Waals surface area contributed by atoms with E-state index in [4.69, 9.17) is 5.73 Å². The van der Waals surface area contributed by atoms with Gasteiger partial charge in [-0.1, -0.05) is 12.1 Å². The summed E-state index contributed by atoms with van der Waals surface area (Å²) < 4.78 is 0. The molecule has 2 fully saturated rings. The van der Waals surface area contributed by atoms with Crippen molar-refractivity contribution in [2.24, 2.45) is 23.5 Å². The van der Waals surface area contributed by atoms with Gasteiger partial charge in [0, 0.05) is 12.6 Å². The van der Waals surface area contributed by atoms with E-state index in [1.807, 2.05) is 0 Å². The minimum Gasteiger partial charge on any atom is -0.329 e. The lowest BCUT2D eigenvalue weighted by Crippen LogP contribution is -2.34. The van der Waals surface area contributed by atoms with Crippen LogP contribution in [0.5, 0.6) is 0 Å². The van der Waals surface area contributed by atoms with Crippen molar-refractivity contribution in [1.82, 2.24) is 5.32 Å². The molecule has 1 aromatic rings. The fraction of sp³-hybridized carbons (Fsp3) is 0.684. The Bertz CT molecular complexity index is 489. The Kier molecular flexibility index (Phi) is 4.37. The molecular weight excluding hydrogens is 256 g/mol. The molecule has 0 aromatic heterocycles. The van der Waals surface area contributed by atoms with Gasteiger partial charge in [0.25, 0.3) is 0 Å². The van der Waals surface area contributed by atoms with Crippen LogP contribution >= 0.6 is 0 Å². The average Bonchev–Trinajstić information content (AvgIpc) is 3.33. The third kappa shape index (κ3) is 3.49. The molecule has 2 saturated carbocycles. The standard InChI is InChI=1S/C19H30N2/c1-12-8-14(3)17(9-13(12)2)19(10-20)21-11-18(15-4-5-15)16-6-7-16/h8-9,15-16,18-19,21H,4-7,10-11,20H2,1-3H3. The zero-order chi connectivity index (χ0) is 15.0. The molecule has 1 aromatic carbocycles. The molecule has 2 heteroatoms. The van der Waals surface area contributed by atoms with E-state index in [-0.39, 0.29) is 0 Å².